The topological polar surface area (TPSA) is 90.9 Å². The minimum Gasteiger partial charge on any atom is -0.491 e. The third kappa shape index (κ3) is 5.69. The second kappa shape index (κ2) is 11.4. The molecule has 1 N–H and O–H groups in total. The number of hydrogen-bond acceptors (Lipinski definition) is 8. The van der Waals surface area contributed by atoms with Crippen molar-refractivity contribution in [1.29, 1.82) is 0 Å². The zero-order valence-corrected chi connectivity index (χ0v) is 22.3. The Morgan fingerprint density at radius 1 is 1.22 bits per heavy atom. The molecule has 200 valence electrons. The van der Waals surface area contributed by atoms with Crippen molar-refractivity contribution < 1.29 is 18.7 Å². The number of carbonyl (C=O) groups excluding carboxylic acids is 2. The molecule has 9 nitrogen and oxygen atoms in total. The highest BCUT2D eigenvalue weighted by molar-refractivity contribution is 5.73. The lowest BCUT2D eigenvalue weighted by Gasteiger charge is -2.34. The van der Waals surface area contributed by atoms with E-state index in [1.807, 2.05) is 24.8 Å². The highest BCUT2D eigenvalue weighted by Crippen LogP contribution is 2.38. The fourth-order valence-electron chi connectivity index (χ4n) is 4.86. The molecule has 2 aliphatic rings. The summed E-state index contributed by atoms with van der Waals surface area (Å²) < 4.78 is 20.1. The van der Waals surface area contributed by atoms with Gasteiger partial charge in [-0.1, -0.05) is 13.0 Å². The summed E-state index contributed by atoms with van der Waals surface area (Å²) in [6.07, 6.45) is 1.74. The van der Waals surface area contributed by atoms with Crippen LogP contribution in [0.15, 0.2) is 18.2 Å². The van der Waals surface area contributed by atoms with Crippen LogP contribution in [0.1, 0.15) is 69.9 Å². The number of aldehydes is 1. The van der Waals surface area contributed by atoms with E-state index in [-0.39, 0.29) is 23.7 Å². The third-order valence-electron chi connectivity index (χ3n) is 7.08. The largest absolute Gasteiger partial charge is 0.491 e. The Morgan fingerprint density at radius 3 is 2.54 bits per heavy atom. The minimum atomic E-state index is -0.460. The van der Waals surface area contributed by atoms with E-state index < -0.39 is 11.9 Å². The molecule has 1 fully saturated rings. The molecule has 37 heavy (non-hydrogen) atoms. The maximum atomic E-state index is 14.7. The number of halogens is 1. The standard InChI is InChI=1S/C27H37FN6O3/c1-6-13-37-24-8-7-20(14-22(24)28)18(4)29-26-21-15-34(17(2)3)23(16-35)25(21)30-27(31-26)33-11-9-32(10-12-33)19(5)36/h7-8,14,16-18,23H,6,9-13,15H2,1-5H3,(H,29,30,31)/t18?,23-/m0/s1. The van der Waals surface area contributed by atoms with Crippen LogP contribution in [0.4, 0.5) is 16.2 Å². The molecule has 1 amide bonds. The molecule has 1 saturated heterocycles. The molecule has 2 atom stereocenters. The van der Waals surface area contributed by atoms with Crippen molar-refractivity contribution in [1.82, 2.24) is 19.8 Å². The molecule has 0 radical (unpaired) electrons. The molecule has 0 spiro atoms. The van der Waals surface area contributed by atoms with Crippen LogP contribution in [0.2, 0.25) is 0 Å². The summed E-state index contributed by atoms with van der Waals surface area (Å²) in [6, 6.07) is 4.43. The first kappa shape index (κ1) is 26.8. The Hall–Kier alpha value is -3.27. The normalized spacial score (nSPS) is 18.6. The number of carbonyl (C=O) groups is 2. The lowest BCUT2D eigenvalue weighted by atomic mass is 10.1. The van der Waals surface area contributed by atoms with E-state index in [0.29, 0.717) is 56.8 Å². The number of amides is 1. The Morgan fingerprint density at radius 2 is 1.95 bits per heavy atom. The summed E-state index contributed by atoms with van der Waals surface area (Å²) in [5.41, 5.74) is 2.34. The van der Waals surface area contributed by atoms with Gasteiger partial charge in [0.2, 0.25) is 11.9 Å². The predicted octanol–water partition coefficient (Wildman–Crippen LogP) is 3.71. The molecule has 4 rings (SSSR count). The van der Waals surface area contributed by atoms with Crippen molar-refractivity contribution in [2.24, 2.45) is 0 Å². The van der Waals surface area contributed by atoms with Gasteiger partial charge in [0, 0.05) is 51.3 Å². The SMILES string of the molecule is CCCOc1ccc(C(C)Nc2nc(N3CCN(C(C)=O)CC3)nc3c2CN(C(C)C)[C@H]3C=O)cc1F. The molecule has 1 aromatic heterocycles. The molecule has 0 bridgehead atoms. The van der Waals surface area contributed by atoms with Crippen LogP contribution in [0.25, 0.3) is 0 Å². The fourth-order valence-corrected chi connectivity index (χ4v) is 4.86. The number of piperazine rings is 1. The van der Waals surface area contributed by atoms with Gasteiger partial charge in [0.15, 0.2) is 11.6 Å². The first-order valence-electron chi connectivity index (χ1n) is 13.0. The number of hydrogen-bond donors (Lipinski definition) is 1. The van der Waals surface area contributed by atoms with Crippen molar-refractivity contribution in [2.45, 2.75) is 65.7 Å². The van der Waals surface area contributed by atoms with Crippen molar-refractivity contribution in [3.63, 3.8) is 0 Å². The molecule has 0 aliphatic carbocycles. The molecule has 1 aromatic carbocycles. The van der Waals surface area contributed by atoms with Crippen LogP contribution < -0.4 is 15.0 Å². The lowest BCUT2D eigenvalue weighted by Crippen LogP contribution is -2.48. The molecule has 0 saturated carbocycles. The Kier molecular flexibility index (Phi) is 8.26. The van der Waals surface area contributed by atoms with Gasteiger partial charge < -0.3 is 24.6 Å². The van der Waals surface area contributed by atoms with Crippen LogP contribution in [0.5, 0.6) is 5.75 Å². The van der Waals surface area contributed by atoms with Gasteiger partial charge in [-0.3, -0.25) is 9.69 Å². The summed E-state index contributed by atoms with van der Waals surface area (Å²) in [5, 5.41) is 3.47. The van der Waals surface area contributed by atoms with E-state index in [1.165, 1.54) is 6.07 Å². The molecule has 2 aliphatic heterocycles. The number of nitrogens with one attached hydrogen (secondary N) is 1. The monoisotopic (exact) mass is 512 g/mol. The average Bonchev–Trinajstić information content (AvgIpc) is 3.27. The van der Waals surface area contributed by atoms with Crippen molar-refractivity contribution in [3.8, 4) is 5.75 Å². The summed E-state index contributed by atoms with van der Waals surface area (Å²) in [5.74, 6) is 1.07. The zero-order valence-electron chi connectivity index (χ0n) is 22.3. The smallest absolute Gasteiger partial charge is 0.227 e. The van der Waals surface area contributed by atoms with E-state index in [0.717, 1.165) is 23.8 Å². The zero-order chi connectivity index (χ0) is 26.7. The summed E-state index contributed by atoms with van der Waals surface area (Å²) in [7, 11) is 0. The molecule has 10 heteroatoms. The first-order chi connectivity index (χ1) is 17.7. The van der Waals surface area contributed by atoms with Crippen LogP contribution in [-0.4, -0.2) is 70.8 Å². The lowest BCUT2D eigenvalue weighted by molar-refractivity contribution is -0.129. The van der Waals surface area contributed by atoms with Gasteiger partial charge >= 0.3 is 0 Å². The number of fused-ring (bicyclic) bond motifs is 1. The highest BCUT2D eigenvalue weighted by Gasteiger charge is 2.37. The Labute approximate surface area is 218 Å². The quantitative estimate of drug-likeness (QED) is 0.509. The van der Waals surface area contributed by atoms with E-state index in [2.05, 4.69) is 29.0 Å². The van der Waals surface area contributed by atoms with E-state index in [4.69, 9.17) is 14.7 Å². The molecule has 3 heterocycles. The Balaban J connectivity index is 1.65. The van der Waals surface area contributed by atoms with Gasteiger partial charge in [0.05, 0.1) is 18.3 Å². The Bertz CT molecular complexity index is 1140. The van der Waals surface area contributed by atoms with Gasteiger partial charge in [0.25, 0.3) is 0 Å². The minimum absolute atomic E-state index is 0.0534. The van der Waals surface area contributed by atoms with Crippen molar-refractivity contribution >= 4 is 24.0 Å². The first-order valence-corrected chi connectivity index (χ1v) is 13.0. The second-order valence-electron chi connectivity index (χ2n) is 9.98. The number of benzene rings is 1. The predicted molar refractivity (Wildman–Crippen MR) is 140 cm³/mol. The second-order valence-corrected chi connectivity index (χ2v) is 9.98. The number of anilines is 2. The number of nitrogens with zero attached hydrogens (tertiary/aromatic N) is 5. The summed E-state index contributed by atoms with van der Waals surface area (Å²) in [4.78, 5) is 39.6. The average molecular weight is 513 g/mol. The molecular formula is C27H37FN6O3. The van der Waals surface area contributed by atoms with E-state index in [9.17, 15) is 14.0 Å². The fraction of sp³-hybridized carbons (Fsp3) is 0.556. The van der Waals surface area contributed by atoms with Crippen LogP contribution in [-0.2, 0) is 16.1 Å². The molecular weight excluding hydrogens is 475 g/mol. The van der Waals surface area contributed by atoms with Crippen molar-refractivity contribution in [3.05, 3.63) is 40.8 Å². The number of aromatic nitrogens is 2. The van der Waals surface area contributed by atoms with Gasteiger partial charge in [-0.15, -0.1) is 0 Å². The van der Waals surface area contributed by atoms with Gasteiger partial charge in [-0.25, -0.2) is 9.37 Å². The van der Waals surface area contributed by atoms with Gasteiger partial charge in [-0.05, 0) is 44.9 Å². The third-order valence-corrected chi connectivity index (χ3v) is 7.08. The molecule has 1 unspecified atom stereocenters. The number of ether oxygens (including phenoxy) is 1. The number of rotatable bonds is 9. The summed E-state index contributed by atoms with van der Waals surface area (Å²) in [6.45, 7) is 13.0. The van der Waals surface area contributed by atoms with Crippen LogP contribution >= 0.6 is 0 Å². The van der Waals surface area contributed by atoms with Crippen molar-refractivity contribution in [2.75, 3.05) is 43.0 Å². The highest BCUT2D eigenvalue weighted by atomic mass is 19.1. The van der Waals surface area contributed by atoms with E-state index in [1.54, 1.807) is 13.0 Å². The maximum Gasteiger partial charge on any atom is 0.227 e. The van der Waals surface area contributed by atoms with E-state index >= 15 is 0 Å². The van der Waals surface area contributed by atoms with Crippen LogP contribution in [0, 0.1) is 5.82 Å². The van der Waals surface area contributed by atoms with Gasteiger partial charge in [0.1, 0.15) is 18.1 Å². The van der Waals surface area contributed by atoms with Gasteiger partial charge in [-0.2, -0.15) is 4.98 Å². The van der Waals surface area contributed by atoms with Crippen LogP contribution in [0.3, 0.4) is 0 Å². The maximum absolute atomic E-state index is 14.7. The summed E-state index contributed by atoms with van der Waals surface area (Å²) >= 11 is 0. The molecule has 2 aromatic rings.